The maximum absolute atomic E-state index is 13.5. The number of cyclic esters (lactones) is 1. The Morgan fingerprint density at radius 2 is 1.77 bits per heavy atom. The van der Waals surface area contributed by atoms with Crippen molar-refractivity contribution in [2.45, 2.75) is 45.4 Å². The zero-order chi connectivity index (χ0) is 33.3. The van der Waals surface area contributed by atoms with E-state index in [1.807, 2.05) is 49.4 Å². The van der Waals surface area contributed by atoms with Gasteiger partial charge in [-0.25, -0.2) is 9.78 Å². The number of nitrogens with zero attached hydrogens (tertiary/aromatic N) is 1. The number of ether oxygens (including phenoxy) is 6. The Balaban J connectivity index is 1.39. The number of amides is 1. The number of hydrogen-bond donors (Lipinski definition) is 1. The third kappa shape index (κ3) is 8.36. The van der Waals surface area contributed by atoms with Crippen molar-refractivity contribution in [3.63, 3.8) is 0 Å². The van der Waals surface area contributed by atoms with Gasteiger partial charge in [-0.15, -0.1) is 0 Å². The highest BCUT2D eigenvalue weighted by Crippen LogP contribution is 2.31. The summed E-state index contributed by atoms with van der Waals surface area (Å²) in [5, 5.41) is 4.91. The summed E-state index contributed by atoms with van der Waals surface area (Å²) in [6.45, 7) is 4.60. The second-order valence-electron chi connectivity index (χ2n) is 11.3. The lowest BCUT2D eigenvalue weighted by molar-refractivity contribution is -0.156. The number of aryl methyl sites for hydroxylation is 1. The maximum Gasteiger partial charge on any atom is 0.331 e. The van der Waals surface area contributed by atoms with Gasteiger partial charge < -0.3 is 33.7 Å². The van der Waals surface area contributed by atoms with E-state index in [0.717, 1.165) is 21.9 Å². The molecule has 1 aliphatic rings. The van der Waals surface area contributed by atoms with Crippen LogP contribution in [0.1, 0.15) is 35.5 Å². The minimum atomic E-state index is -1.17. The molecule has 0 spiro atoms. The molecule has 0 saturated carbocycles. The Bertz CT molecular complexity index is 1700. The van der Waals surface area contributed by atoms with E-state index in [2.05, 4.69) is 34.6 Å². The minimum Gasteiger partial charge on any atom is -0.493 e. The van der Waals surface area contributed by atoms with Crippen LogP contribution in [-0.4, -0.2) is 68.2 Å². The van der Waals surface area contributed by atoms with Crippen molar-refractivity contribution in [1.29, 1.82) is 0 Å². The van der Waals surface area contributed by atoms with Gasteiger partial charge in [0.2, 0.25) is 6.79 Å². The molecular weight excluding hydrogens is 604 g/mol. The van der Waals surface area contributed by atoms with Crippen LogP contribution in [0.5, 0.6) is 17.2 Å². The van der Waals surface area contributed by atoms with E-state index in [9.17, 15) is 14.4 Å². The number of fused-ring (bicyclic) bond motifs is 1. The highest BCUT2D eigenvalue weighted by atomic mass is 16.7. The number of carbonyl (C=O) groups is 3. The van der Waals surface area contributed by atoms with Crippen LogP contribution in [0.2, 0.25) is 0 Å². The summed E-state index contributed by atoms with van der Waals surface area (Å²) in [5.41, 5.74) is 2.03. The second kappa shape index (κ2) is 15.4. The van der Waals surface area contributed by atoms with E-state index in [0.29, 0.717) is 12.2 Å². The van der Waals surface area contributed by atoms with Gasteiger partial charge >= 0.3 is 11.9 Å². The lowest BCUT2D eigenvalue weighted by atomic mass is 9.89. The Kier molecular flexibility index (Phi) is 10.9. The summed E-state index contributed by atoms with van der Waals surface area (Å²) in [7, 11) is 1.39. The lowest BCUT2D eigenvalue weighted by Crippen LogP contribution is -2.47. The Labute approximate surface area is 273 Å². The first-order valence-corrected chi connectivity index (χ1v) is 15.3. The van der Waals surface area contributed by atoms with Crippen LogP contribution >= 0.6 is 0 Å². The fourth-order valence-corrected chi connectivity index (χ4v) is 5.50. The predicted octanol–water partition coefficient (Wildman–Crippen LogP) is 4.82. The molecule has 1 fully saturated rings. The number of rotatable bonds is 10. The van der Waals surface area contributed by atoms with Crippen LogP contribution in [0, 0.1) is 12.8 Å². The molecule has 47 heavy (non-hydrogen) atoms. The van der Waals surface area contributed by atoms with Crippen molar-refractivity contribution < 1.29 is 42.8 Å². The van der Waals surface area contributed by atoms with Crippen LogP contribution in [0.15, 0.2) is 79.0 Å². The van der Waals surface area contributed by atoms with E-state index in [4.69, 9.17) is 28.4 Å². The van der Waals surface area contributed by atoms with Crippen molar-refractivity contribution in [3.8, 4) is 17.2 Å². The van der Waals surface area contributed by atoms with Gasteiger partial charge in [0.25, 0.3) is 5.91 Å². The molecule has 1 aliphatic heterocycles. The van der Waals surface area contributed by atoms with Gasteiger partial charge in [0.05, 0.1) is 20.3 Å². The average Bonchev–Trinajstić information content (AvgIpc) is 3.11. The fourth-order valence-electron chi connectivity index (χ4n) is 5.50. The summed E-state index contributed by atoms with van der Waals surface area (Å²) in [6, 6.07) is 22.4. The van der Waals surface area contributed by atoms with Crippen LogP contribution in [0.3, 0.4) is 0 Å². The Morgan fingerprint density at radius 1 is 1.00 bits per heavy atom. The second-order valence-corrected chi connectivity index (χ2v) is 11.3. The molecule has 246 valence electrons. The van der Waals surface area contributed by atoms with Crippen molar-refractivity contribution in [2.24, 2.45) is 5.92 Å². The summed E-state index contributed by atoms with van der Waals surface area (Å²) < 4.78 is 34.3. The van der Waals surface area contributed by atoms with Gasteiger partial charge in [-0.1, -0.05) is 60.2 Å². The molecule has 0 aliphatic carbocycles. The fraction of sp³-hybridized carbons (Fsp3) is 0.333. The molecule has 0 bridgehead atoms. The Morgan fingerprint density at radius 3 is 2.53 bits per heavy atom. The molecule has 0 unspecified atom stereocenters. The van der Waals surface area contributed by atoms with E-state index < -0.39 is 42.9 Å². The molecule has 11 heteroatoms. The molecule has 4 aromatic rings. The molecule has 1 aromatic heterocycles. The first kappa shape index (κ1) is 33.2. The van der Waals surface area contributed by atoms with Crippen LogP contribution in [0.4, 0.5) is 0 Å². The summed E-state index contributed by atoms with van der Waals surface area (Å²) in [4.78, 5) is 42.4. The quantitative estimate of drug-likeness (QED) is 0.190. The summed E-state index contributed by atoms with van der Waals surface area (Å²) in [6.07, 6.45) is 0.671. The monoisotopic (exact) mass is 642 g/mol. The highest BCUT2D eigenvalue weighted by Gasteiger charge is 2.37. The maximum atomic E-state index is 13.5. The number of benzene rings is 3. The minimum absolute atomic E-state index is 0.0545. The van der Waals surface area contributed by atoms with E-state index >= 15 is 0 Å². The zero-order valence-electron chi connectivity index (χ0n) is 26.8. The number of methoxy groups -OCH3 is 1. The molecule has 1 amide bonds. The number of pyridine rings is 1. The van der Waals surface area contributed by atoms with Crippen LogP contribution < -0.4 is 19.5 Å². The van der Waals surface area contributed by atoms with E-state index in [1.54, 1.807) is 6.92 Å². The van der Waals surface area contributed by atoms with Gasteiger partial charge in [0, 0.05) is 25.1 Å². The number of carbonyl (C=O) groups excluding carboxylic acids is 3. The van der Waals surface area contributed by atoms with Crippen LogP contribution in [-0.2, 0) is 30.2 Å². The number of nitrogens with one attached hydrogen (secondary N) is 1. The molecule has 1 saturated heterocycles. The van der Waals surface area contributed by atoms with Crippen molar-refractivity contribution in [1.82, 2.24) is 10.3 Å². The van der Waals surface area contributed by atoms with Gasteiger partial charge in [-0.05, 0) is 48.7 Å². The van der Waals surface area contributed by atoms with Gasteiger partial charge in [0.15, 0.2) is 23.2 Å². The van der Waals surface area contributed by atoms with Gasteiger partial charge in [-0.3, -0.25) is 9.59 Å². The molecule has 3 aromatic carbocycles. The summed E-state index contributed by atoms with van der Waals surface area (Å²) in [5.74, 6) is -1.45. The topological polar surface area (TPSA) is 132 Å². The average molecular weight is 643 g/mol. The highest BCUT2D eigenvalue weighted by molar-refractivity contribution is 5.98. The van der Waals surface area contributed by atoms with Gasteiger partial charge in [-0.2, -0.15) is 0 Å². The predicted molar refractivity (Wildman–Crippen MR) is 172 cm³/mol. The molecule has 2 heterocycles. The van der Waals surface area contributed by atoms with Gasteiger partial charge in [0.1, 0.15) is 18.0 Å². The van der Waals surface area contributed by atoms with E-state index in [-0.39, 0.29) is 36.3 Å². The third-order valence-corrected chi connectivity index (χ3v) is 7.86. The first-order chi connectivity index (χ1) is 22.7. The Hall–Kier alpha value is -5.16. The largest absolute Gasteiger partial charge is 0.493 e. The lowest BCUT2D eigenvalue weighted by Gasteiger charge is -2.31. The molecular formula is C36H38N2O9. The zero-order valence-corrected chi connectivity index (χ0v) is 26.8. The number of hydrogen-bond acceptors (Lipinski definition) is 10. The van der Waals surface area contributed by atoms with Crippen molar-refractivity contribution >= 4 is 28.6 Å². The normalized spacial score (nSPS) is 19.8. The molecule has 1 N–H and O–H groups in total. The first-order valence-electron chi connectivity index (χ1n) is 15.3. The molecule has 11 nitrogen and oxygen atoms in total. The SMILES string of the molecule is COc1ccnc(C(=O)N[C@H]2COC[C@H](Cc3cccc4ccccc34)[C@@H](Oc3ccc(C)cc3)[C@H](C)OC2=O)c1OCOC(C)=O. The van der Waals surface area contributed by atoms with E-state index in [1.165, 1.54) is 26.3 Å². The summed E-state index contributed by atoms with van der Waals surface area (Å²) >= 11 is 0. The standard InChI is InChI=1S/C36H38N2O9/c1-22-12-14-28(15-13-22)47-33-23(2)46-36(41)30(20-43-19-27(33)18-26-10-7-9-25-8-5-6-11-29(25)26)38-35(40)32-34(45-21-44-24(3)39)31(42-4)16-17-37-32/h5-17,23,27,30,33H,18-21H2,1-4H3,(H,38,40)/t23-,27-,30-,33-/m0/s1. The molecule has 0 radical (unpaired) electrons. The van der Waals surface area contributed by atoms with Crippen molar-refractivity contribution in [2.75, 3.05) is 27.1 Å². The number of esters is 2. The molecule has 5 rings (SSSR count). The van der Waals surface area contributed by atoms with Crippen molar-refractivity contribution in [3.05, 3.63) is 95.8 Å². The smallest absolute Gasteiger partial charge is 0.331 e. The van der Waals surface area contributed by atoms with Crippen LogP contribution in [0.25, 0.3) is 10.8 Å². The third-order valence-electron chi connectivity index (χ3n) is 7.86. The number of aromatic nitrogens is 1. The molecule has 4 atom stereocenters.